The second kappa shape index (κ2) is 3.09. The largest absolute Gasteiger partial charge is 0.391 e. The third-order valence-corrected chi connectivity index (χ3v) is 3.09. The number of halogens is 1. The fraction of sp³-hybridized carbons (Fsp3) is 0.200. The van der Waals surface area contributed by atoms with Gasteiger partial charge in [-0.1, -0.05) is 0 Å². The molecule has 1 aromatic heterocycles. The van der Waals surface area contributed by atoms with Crippen LogP contribution >= 0.6 is 11.3 Å². The summed E-state index contributed by atoms with van der Waals surface area (Å²) in [6, 6.07) is 5.22. The summed E-state index contributed by atoms with van der Waals surface area (Å²) in [6.45, 7) is 1.77. The van der Waals surface area contributed by atoms with E-state index >= 15 is 0 Å². The van der Waals surface area contributed by atoms with Gasteiger partial charge in [-0.3, -0.25) is 0 Å². The van der Waals surface area contributed by atoms with Crippen LogP contribution in [0.3, 0.4) is 0 Å². The van der Waals surface area contributed by atoms with Crippen molar-refractivity contribution in [3.05, 3.63) is 34.5 Å². The Hall–Kier alpha value is -0.930. The second-order valence-corrected chi connectivity index (χ2v) is 4.18. The maximum atomic E-state index is 13.1. The lowest BCUT2D eigenvalue weighted by Gasteiger charge is -1.94. The van der Waals surface area contributed by atoms with Gasteiger partial charge in [0.1, 0.15) is 5.82 Å². The van der Waals surface area contributed by atoms with Crippen molar-refractivity contribution < 1.29 is 9.50 Å². The molecular weight excluding hydrogens is 187 g/mol. The molecule has 68 valence electrons. The van der Waals surface area contributed by atoms with Gasteiger partial charge in [0.15, 0.2) is 0 Å². The standard InChI is InChI=1S/C10H9FOS/c1-6-2-7-3-8(5-12)13-10(7)4-9(6)11/h2-4,12H,5H2,1H3. The van der Waals surface area contributed by atoms with E-state index in [0.717, 1.165) is 15.0 Å². The van der Waals surface area contributed by atoms with Gasteiger partial charge in [-0.15, -0.1) is 11.3 Å². The van der Waals surface area contributed by atoms with E-state index in [1.54, 1.807) is 13.0 Å². The highest BCUT2D eigenvalue weighted by atomic mass is 32.1. The van der Waals surface area contributed by atoms with E-state index in [2.05, 4.69) is 0 Å². The number of thiophene rings is 1. The number of benzene rings is 1. The summed E-state index contributed by atoms with van der Waals surface area (Å²) in [5, 5.41) is 9.90. The number of hydrogen-bond donors (Lipinski definition) is 1. The Morgan fingerprint density at radius 3 is 2.85 bits per heavy atom. The van der Waals surface area contributed by atoms with E-state index in [-0.39, 0.29) is 12.4 Å². The summed E-state index contributed by atoms with van der Waals surface area (Å²) >= 11 is 1.43. The van der Waals surface area contributed by atoms with E-state index in [0.29, 0.717) is 5.56 Å². The Labute approximate surface area is 79.4 Å². The van der Waals surface area contributed by atoms with Crippen LogP contribution in [0.15, 0.2) is 18.2 Å². The zero-order chi connectivity index (χ0) is 9.42. The molecule has 0 saturated carbocycles. The molecule has 1 aromatic carbocycles. The maximum Gasteiger partial charge on any atom is 0.127 e. The molecule has 1 heterocycles. The Kier molecular flexibility index (Phi) is 2.06. The quantitative estimate of drug-likeness (QED) is 0.743. The average molecular weight is 196 g/mol. The van der Waals surface area contributed by atoms with Crippen molar-refractivity contribution in [1.82, 2.24) is 0 Å². The van der Waals surface area contributed by atoms with Crippen LogP contribution in [-0.2, 0) is 6.61 Å². The molecule has 0 saturated heterocycles. The number of fused-ring (bicyclic) bond motifs is 1. The van der Waals surface area contributed by atoms with Crippen molar-refractivity contribution in [2.75, 3.05) is 0 Å². The van der Waals surface area contributed by atoms with Gasteiger partial charge < -0.3 is 5.11 Å². The molecule has 0 radical (unpaired) electrons. The monoisotopic (exact) mass is 196 g/mol. The average Bonchev–Trinajstić information content (AvgIpc) is 2.48. The zero-order valence-corrected chi connectivity index (χ0v) is 7.99. The molecule has 0 aliphatic carbocycles. The molecule has 2 aromatic rings. The van der Waals surface area contributed by atoms with Gasteiger partial charge in [0.05, 0.1) is 6.61 Å². The lowest BCUT2D eigenvalue weighted by atomic mass is 10.2. The van der Waals surface area contributed by atoms with E-state index in [9.17, 15) is 4.39 Å². The van der Waals surface area contributed by atoms with Crippen LogP contribution in [0.5, 0.6) is 0 Å². The molecular formula is C10H9FOS. The van der Waals surface area contributed by atoms with Gasteiger partial charge in [-0.05, 0) is 36.1 Å². The molecule has 2 rings (SSSR count). The summed E-state index contributed by atoms with van der Waals surface area (Å²) in [4.78, 5) is 0.875. The molecule has 0 unspecified atom stereocenters. The van der Waals surface area contributed by atoms with Crippen molar-refractivity contribution in [3.8, 4) is 0 Å². The lowest BCUT2D eigenvalue weighted by molar-refractivity contribution is 0.285. The van der Waals surface area contributed by atoms with E-state index in [1.165, 1.54) is 17.4 Å². The van der Waals surface area contributed by atoms with Crippen molar-refractivity contribution in [2.24, 2.45) is 0 Å². The third kappa shape index (κ3) is 1.45. The fourth-order valence-electron chi connectivity index (χ4n) is 1.31. The highest BCUT2D eigenvalue weighted by molar-refractivity contribution is 7.19. The number of aliphatic hydroxyl groups excluding tert-OH is 1. The van der Waals surface area contributed by atoms with Crippen LogP contribution in [0.1, 0.15) is 10.4 Å². The molecule has 1 nitrogen and oxygen atoms in total. The number of aliphatic hydroxyl groups is 1. The van der Waals surface area contributed by atoms with Gasteiger partial charge in [0, 0.05) is 9.58 Å². The van der Waals surface area contributed by atoms with Crippen LogP contribution in [0, 0.1) is 12.7 Å². The van der Waals surface area contributed by atoms with Gasteiger partial charge in [0.25, 0.3) is 0 Å². The summed E-state index contributed by atoms with van der Waals surface area (Å²) in [6.07, 6.45) is 0. The smallest absolute Gasteiger partial charge is 0.127 e. The topological polar surface area (TPSA) is 20.2 Å². The lowest BCUT2D eigenvalue weighted by Crippen LogP contribution is -1.78. The summed E-state index contributed by atoms with van der Waals surface area (Å²) < 4.78 is 14.0. The molecule has 3 heteroatoms. The number of aryl methyl sites for hydroxylation is 1. The Balaban J connectivity index is 2.70. The number of rotatable bonds is 1. The van der Waals surface area contributed by atoms with Crippen LogP contribution in [-0.4, -0.2) is 5.11 Å². The molecule has 1 N–H and O–H groups in total. The van der Waals surface area contributed by atoms with E-state index in [1.807, 2.05) is 6.07 Å². The first-order chi connectivity index (χ1) is 6.20. The minimum Gasteiger partial charge on any atom is -0.391 e. The number of hydrogen-bond acceptors (Lipinski definition) is 2. The molecule has 0 aliphatic heterocycles. The van der Waals surface area contributed by atoms with Crippen LogP contribution in [0.4, 0.5) is 4.39 Å². The zero-order valence-electron chi connectivity index (χ0n) is 7.17. The molecule has 0 atom stereocenters. The Morgan fingerprint density at radius 2 is 2.15 bits per heavy atom. The highest BCUT2D eigenvalue weighted by Gasteiger charge is 2.04. The SMILES string of the molecule is Cc1cc2cc(CO)sc2cc1F. The normalized spacial score (nSPS) is 11.0. The van der Waals surface area contributed by atoms with Crippen molar-refractivity contribution in [2.45, 2.75) is 13.5 Å². The minimum atomic E-state index is -0.182. The molecule has 0 aliphatic rings. The molecule has 13 heavy (non-hydrogen) atoms. The van der Waals surface area contributed by atoms with Crippen LogP contribution in [0.25, 0.3) is 10.1 Å². The maximum absolute atomic E-state index is 13.1. The summed E-state index contributed by atoms with van der Waals surface area (Å²) in [7, 11) is 0. The van der Waals surface area contributed by atoms with Gasteiger partial charge in [0.2, 0.25) is 0 Å². The van der Waals surface area contributed by atoms with Crippen LogP contribution in [0.2, 0.25) is 0 Å². The third-order valence-electron chi connectivity index (χ3n) is 2.00. The molecule has 0 spiro atoms. The predicted octanol–water partition coefficient (Wildman–Crippen LogP) is 2.84. The predicted molar refractivity (Wildman–Crippen MR) is 52.4 cm³/mol. The second-order valence-electron chi connectivity index (χ2n) is 3.01. The van der Waals surface area contributed by atoms with Gasteiger partial charge >= 0.3 is 0 Å². The van der Waals surface area contributed by atoms with E-state index < -0.39 is 0 Å². The minimum absolute atomic E-state index is 0.0278. The first kappa shape index (κ1) is 8.66. The Morgan fingerprint density at radius 1 is 1.38 bits per heavy atom. The summed E-state index contributed by atoms with van der Waals surface area (Å²) in [5.41, 5.74) is 0.648. The molecule has 0 fully saturated rings. The molecule has 0 bridgehead atoms. The van der Waals surface area contributed by atoms with E-state index in [4.69, 9.17) is 5.11 Å². The van der Waals surface area contributed by atoms with Crippen molar-refractivity contribution >= 4 is 21.4 Å². The first-order valence-corrected chi connectivity index (χ1v) is 4.82. The van der Waals surface area contributed by atoms with Gasteiger partial charge in [-0.25, -0.2) is 4.39 Å². The first-order valence-electron chi connectivity index (χ1n) is 4.00. The highest BCUT2D eigenvalue weighted by Crippen LogP contribution is 2.27. The summed E-state index contributed by atoms with van der Waals surface area (Å²) in [5.74, 6) is -0.182. The van der Waals surface area contributed by atoms with Crippen molar-refractivity contribution in [3.63, 3.8) is 0 Å². The Bertz CT molecular complexity index is 408. The van der Waals surface area contributed by atoms with Crippen molar-refractivity contribution in [1.29, 1.82) is 0 Å². The fourth-order valence-corrected chi connectivity index (χ4v) is 2.24. The van der Waals surface area contributed by atoms with Gasteiger partial charge in [-0.2, -0.15) is 0 Å². The van der Waals surface area contributed by atoms with Crippen LogP contribution < -0.4 is 0 Å². The molecule has 0 amide bonds.